The Balaban J connectivity index is 2.02. The molecule has 0 amide bonds. The van der Waals surface area contributed by atoms with Crippen LogP contribution in [-0.2, 0) is 0 Å². The van der Waals surface area contributed by atoms with Crippen LogP contribution in [0.4, 0.5) is 0 Å². The Hall–Kier alpha value is -2.12. The lowest BCUT2D eigenvalue weighted by molar-refractivity contribution is 0.214. The van der Waals surface area contributed by atoms with Crippen LogP contribution in [0, 0.1) is 0 Å². The molecule has 0 N–H and O–H groups in total. The first-order valence-corrected chi connectivity index (χ1v) is 10.0. The molecule has 0 atom stereocenters. The minimum atomic E-state index is 0.658. The van der Waals surface area contributed by atoms with Gasteiger partial charge in [0.15, 0.2) is 0 Å². The van der Waals surface area contributed by atoms with Gasteiger partial charge in [-0.05, 0) is 24.0 Å². The Kier molecular flexibility index (Phi) is 9.53. The van der Waals surface area contributed by atoms with Crippen LogP contribution < -0.4 is 0 Å². The standard InChI is InChI=1S/C25H33N/c1-3-13-25(14-4-2)26(21-11-19-23-15-7-5-8-16-23)22-12-20-24-17-9-6-10-18-24/h5-12,15-20,25H,3-4,13-14,21-22H2,1-2H3/b19-11+,20-12+. The van der Waals surface area contributed by atoms with E-state index in [1.165, 1.54) is 36.8 Å². The zero-order valence-electron chi connectivity index (χ0n) is 16.4. The Morgan fingerprint density at radius 2 is 1.12 bits per heavy atom. The normalized spacial score (nSPS) is 12.0. The largest absolute Gasteiger partial charge is 0.293 e. The van der Waals surface area contributed by atoms with Gasteiger partial charge in [0.1, 0.15) is 0 Å². The van der Waals surface area contributed by atoms with Gasteiger partial charge >= 0.3 is 0 Å². The van der Waals surface area contributed by atoms with Crippen LogP contribution in [0.2, 0.25) is 0 Å². The van der Waals surface area contributed by atoms with Gasteiger partial charge in [-0.3, -0.25) is 4.90 Å². The second-order valence-electron chi connectivity index (χ2n) is 6.81. The fourth-order valence-electron chi connectivity index (χ4n) is 3.33. The van der Waals surface area contributed by atoms with Crippen LogP contribution in [0.25, 0.3) is 12.2 Å². The molecule has 1 heteroatoms. The van der Waals surface area contributed by atoms with Gasteiger partial charge in [-0.25, -0.2) is 0 Å². The van der Waals surface area contributed by atoms with Crippen LogP contribution in [0.15, 0.2) is 72.8 Å². The van der Waals surface area contributed by atoms with E-state index in [9.17, 15) is 0 Å². The lowest BCUT2D eigenvalue weighted by Gasteiger charge is -2.29. The van der Waals surface area contributed by atoms with E-state index in [-0.39, 0.29) is 0 Å². The Bertz CT molecular complexity index is 585. The third-order valence-electron chi connectivity index (χ3n) is 4.66. The summed E-state index contributed by atoms with van der Waals surface area (Å²) >= 11 is 0. The van der Waals surface area contributed by atoms with Gasteiger partial charge in [0.25, 0.3) is 0 Å². The molecule has 0 aliphatic rings. The zero-order valence-corrected chi connectivity index (χ0v) is 16.4. The van der Waals surface area contributed by atoms with Crippen molar-refractivity contribution in [3.63, 3.8) is 0 Å². The summed E-state index contributed by atoms with van der Waals surface area (Å²) in [6.45, 7) is 6.58. The van der Waals surface area contributed by atoms with Crippen molar-refractivity contribution >= 4 is 12.2 Å². The van der Waals surface area contributed by atoms with Gasteiger partial charge in [-0.1, -0.05) is 112 Å². The summed E-state index contributed by atoms with van der Waals surface area (Å²) < 4.78 is 0. The molecule has 1 nitrogen and oxygen atoms in total. The van der Waals surface area contributed by atoms with E-state index in [4.69, 9.17) is 0 Å². The first-order chi connectivity index (χ1) is 12.8. The first-order valence-electron chi connectivity index (χ1n) is 10.0. The smallest absolute Gasteiger partial charge is 0.0172 e. The SMILES string of the molecule is CCCC(CCC)N(C/C=C/c1ccccc1)C/C=C/c1ccccc1. The summed E-state index contributed by atoms with van der Waals surface area (Å²) in [6, 6.07) is 21.8. The van der Waals surface area contributed by atoms with Gasteiger partial charge in [0, 0.05) is 19.1 Å². The fraction of sp³-hybridized carbons (Fsp3) is 0.360. The van der Waals surface area contributed by atoms with Gasteiger partial charge < -0.3 is 0 Å². The summed E-state index contributed by atoms with van der Waals surface area (Å²) in [7, 11) is 0. The van der Waals surface area contributed by atoms with E-state index < -0.39 is 0 Å². The molecule has 26 heavy (non-hydrogen) atoms. The van der Waals surface area contributed by atoms with E-state index in [0.29, 0.717) is 6.04 Å². The molecule has 2 rings (SSSR count). The minimum Gasteiger partial charge on any atom is -0.293 e. The molecule has 138 valence electrons. The molecule has 2 aromatic rings. The Morgan fingerprint density at radius 1 is 0.692 bits per heavy atom. The van der Waals surface area contributed by atoms with Crippen LogP contribution in [0.3, 0.4) is 0 Å². The highest BCUT2D eigenvalue weighted by atomic mass is 15.1. The molecule has 2 aromatic carbocycles. The van der Waals surface area contributed by atoms with Crippen LogP contribution in [0.1, 0.15) is 50.7 Å². The maximum atomic E-state index is 2.62. The van der Waals surface area contributed by atoms with E-state index in [2.05, 4.69) is 104 Å². The molecule has 0 spiro atoms. The first kappa shape index (κ1) is 20.2. The average Bonchev–Trinajstić information content (AvgIpc) is 2.68. The van der Waals surface area contributed by atoms with Crippen LogP contribution in [0.5, 0.6) is 0 Å². The summed E-state index contributed by atoms with van der Waals surface area (Å²) in [5.41, 5.74) is 2.55. The predicted octanol–water partition coefficient (Wildman–Crippen LogP) is 6.68. The molecule has 0 fully saturated rings. The number of rotatable bonds is 11. The molecular weight excluding hydrogens is 314 g/mol. The van der Waals surface area contributed by atoms with Crippen molar-refractivity contribution in [2.75, 3.05) is 13.1 Å². The van der Waals surface area contributed by atoms with E-state index in [1.807, 2.05) is 0 Å². The molecule has 0 saturated heterocycles. The maximum Gasteiger partial charge on any atom is 0.0172 e. The second kappa shape index (κ2) is 12.3. The highest BCUT2D eigenvalue weighted by Crippen LogP contribution is 2.14. The summed E-state index contributed by atoms with van der Waals surface area (Å²) in [6.07, 6.45) is 14.1. The van der Waals surface area contributed by atoms with Crippen molar-refractivity contribution in [3.8, 4) is 0 Å². The number of hydrogen-bond acceptors (Lipinski definition) is 1. The number of nitrogens with zero attached hydrogens (tertiary/aromatic N) is 1. The predicted molar refractivity (Wildman–Crippen MR) is 116 cm³/mol. The third kappa shape index (κ3) is 7.41. The maximum absolute atomic E-state index is 2.62. The molecule has 0 aliphatic carbocycles. The molecule has 0 heterocycles. The highest BCUT2D eigenvalue weighted by molar-refractivity contribution is 5.49. The Morgan fingerprint density at radius 3 is 1.50 bits per heavy atom. The van der Waals surface area contributed by atoms with E-state index in [1.54, 1.807) is 0 Å². The van der Waals surface area contributed by atoms with Gasteiger partial charge in [0.05, 0.1) is 0 Å². The molecular formula is C25H33N. The molecule has 0 aliphatic heterocycles. The number of hydrogen-bond donors (Lipinski definition) is 0. The van der Waals surface area contributed by atoms with Crippen molar-refractivity contribution < 1.29 is 0 Å². The summed E-state index contributed by atoms with van der Waals surface area (Å²) in [5.74, 6) is 0. The molecule has 0 aromatic heterocycles. The monoisotopic (exact) mass is 347 g/mol. The minimum absolute atomic E-state index is 0.658. The molecule has 0 unspecified atom stereocenters. The number of benzene rings is 2. The highest BCUT2D eigenvalue weighted by Gasteiger charge is 2.14. The van der Waals surface area contributed by atoms with Crippen LogP contribution in [-0.4, -0.2) is 24.0 Å². The van der Waals surface area contributed by atoms with Crippen molar-refractivity contribution in [2.24, 2.45) is 0 Å². The molecule has 0 bridgehead atoms. The topological polar surface area (TPSA) is 3.24 Å². The van der Waals surface area contributed by atoms with Crippen molar-refractivity contribution in [3.05, 3.63) is 83.9 Å². The van der Waals surface area contributed by atoms with Crippen molar-refractivity contribution in [1.29, 1.82) is 0 Å². The van der Waals surface area contributed by atoms with Gasteiger partial charge in [-0.2, -0.15) is 0 Å². The Labute approximate surface area is 160 Å². The van der Waals surface area contributed by atoms with Gasteiger partial charge in [0.2, 0.25) is 0 Å². The van der Waals surface area contributed by atoms with Gasteiger partial charge in [-0.15, -0.1) is 0 Å². The van der Waals surface area contributed by atoms with Crippen molar-refractivity contribution in [1.82, 2.24) is 4.90 Å². The van der Waals surface area contributed by atoms with E-state index in [0.717, 1.165) is 13.1 Å². The van der Waals surface area contributed by atoms with Crippen LogP contribution >= 0.6 is 0 Å². The quantitative estimate of drug-likeness (QED) is 0.438. The third-order valence-corrected chi connectivity index (χ3v) is 4.66. The van der Waals surface area contributed by atoms with E-state index >= 15 is 0 Å². The summed E-state index contributed by atoms with van der Waals surface area (Å²) in [4.78, 5) is 2.62. The fourth-order valence-corrected chi connectivity index (χ4v) is 3.33. The lowest BCUT2D eigenvalue weighted by Crippen LogP contribution is -2.35. The van der Waals surface area contributed by atoms with Crippen molar-refractivity contribution in [2.45, 2.75) is 45.6 Å². The second-order valence-corrected chi connectivity index (χ2v) is 6.81. The molecule has 0 saturated carbocycles. The lowest BCUT2D eigenvalue weighted by atomic mass is 10.0. The molecule has 0 radical (unpaired) electrons. The zero-order chi connectivity index (χ0) is 18.5. The summed E-state index contributed by atoms with van der Waals surface area (Å²) in [5, 5.41) is 0. The average molecular weight is 348 g/mol.